The van der Waals surface area contributed by atoms with Crippen LogP contribution in [0.3, 0.4) is 0 Å². The van der Waals surface area contributed by atoms with Gasteiger partial charge in [-0.1, -0.05) is 29.3 Å². The van der Waals surface area contributed by atoms with Gasteiger partial charge in [-0.15, -0.1) is 0 Å². The number of halogens is 2. The molecule has 33 heavy (non-hydrogen) atoms. The lowest BCUT2D eigenvalue weighted by Gasteiger charge is -2.28. The normalized spacial score (nSPS) is 16.2. The van der Waals surface area contributed by atoms with Crippen LogP contribution in [0.2, 0.25) is 10.0 Å². The first-order chi connectivity index (χ1) is 15.9. The number of nitrogens with zero attached hydrogens (tertiary/aromatic N) is 2. The molecule has 0 aliphatic carbocycles. The fraction of sp³-hybridized carbons (Fsp3) is 0.0800. The van der Waals surface area contributed by atoms with Gasteiger partial charge >= 0.3 is 0 Å². The van der Waals surface area contributed by atoms with Crippen LogP contribution in [0.5, 0.6) is 0 Å². The summed E-state index contributed by atoms with van der Waals surface area (Å²) >= 11 is 12.4. The third-order valence-corrected chi connectivity index (χ3v) is 6.32. The number of aliphatic hydroxyl groups is 1. The molecule has 3 heterocycles. The van der Waals surface area contributed by atoms with Crippen LogP contribution in [0, 0.1) is 6.92 Å². The molecule has 0 saturated heterocycles. The predicted molar refractivity (Wildman–Crippen MR) is 126 cm³/mol. The summed E-state index contributed by atoms with van der Waals surface area (Å²) in [5.41, 5.74) is 2.11. The average Bonchev–Trinajstić information content (AvgIpc) is 3.34. The van der Waals surface area contributed by atoms with Crippen LogP contribution in [0.1, 0.15) is 27.7 Å². The van der Waals surface area contributed by atoms with E-state index in [0.717, 1.165) is 0 Å². The van der Waals surface area contributed by atoms with Crippen LogP contribution < -0.4 is 4.90 Å². The lowest BCUT2D eigenvalue weighted by atomic mass is 9.95. The van der Waals surface area contributed by atoms with Gasteiger partial charge in [0.1, 0.15) is 5.58 Å². The number of carbonyl (C=O) groups excluding carboxylic acids is 2. The number of fused-ring (bicyclic) bond motifs is 1. The molecule has 1 aliphatic rings. The van der Waals surface area contributed by atoms with E-state index < -0.39 is 23.5 Å². The van der Waals surface area contributed by atoms with Crippen LogP contribution in [0.15, 0.2) is 82.7 Å². The number of rotatable bonds is 4. The molecule has 1 N–H and O–H groups in total. The largest absolute Gasteiger partial charge is 0.503 e. The average molecular weight is 479 g/mol. The topological polar surface area (TPSA) is 83.6 Å². The molecule has 1 atom stereocenters. The first-order valence-corrected chi connectivity index (χ1v) is 10.8. The van der Waals surface area contributed by atoms with Crippen molar-refractivity contribution in [2.24, 2.45) is 0 Å². The van der Waals surface area contributed by atoms with E-state index >= 15 is 0 Å². The molecule has 2 aromatic carbocycles. The summed E-state index contributed by atoms with van der Waals surface area (Å²) in [6, 6.07) is 14.1. The van der Waals surface area contributed by atoms with Crippen molar-refractivity contribution in [3.63, 3.8) is 0 Å². The number of furan rings is 1. The summed E-state index contributed by atoms with van der Waals surface area (Å²) in [6.07, 6.45) is 3.12. The van der Waals surface area contributed by atoms with E-state index in [1.807, 2.05) is 0 Å². The van der Waals surface area contributed by atoms with E-state index in [2.05, 4.69) is 4.98 Å². The smallest absolute Gasteiger partial charge is 0.294 e. The van der Waals surface area contributed by atoms with E-state index in [-0.39, 0.29) is 11.3 Å². The highest BCUT2D eigenvalue weighted by atomic mass is 35.5. The number of hydrogen-bond donors (Lipinski definition) is 1. The Balaban J connectivity index is 1.68. The zero-order chi connectivity index (χ0) is 23.3. The number of benzene rings is 2. The summed E-state index contributed by atoms with van der Waals surface area (Å²) < 4.78 is 5.73. The molecule has 164 valence electrons. The number of amides is 1. The summed E-state index contributed by atoms with van der Waals surface area (Å²) in [5.74, 6) is -1.95. The molecule has 0 fully saturated rings. The second kappa shape index (κ2) is 8.06. The van der Waals surface area contributed by atoms with Crippen molar-refractivity contribution in [1.29, 1.82) is 0 Å². The maximum atomic E-state index is 13.6. The van der Waals surface area contributed by atoms with E-state index in [9.17, 15) is 14.7 Å². The van der Waals surface area contributed by atoms with Gasteiger partial charge in [-0.05, 0) is 66.6 Å². The van der Waals surface area contributed by atoms with Crippen molar-refractivity contribution in [3.05, 3.63) is 105 Å². The molecule has 4 aromatic rings. The number of aromatic nitrogens is 1. The molecule has 1 amide bonds. The Bertz CT molecular complexity index is 1460. The monoisotopic (exact) mass is 478 g/mol. The molecule has 0 spiro atoms. The third-order valence-electron chi connectivity index (χ3n) is 5.68. The molecular formula is C25H16Cl2N2O4. The summed E-state index contributed by atoms with van der Waals surface area (Å²) in [4.78, 5) is 32.3. The second-order valence-corrected chi connectivity index (χ2v) is 8.47. The Morgan fingerprint density at radius 2 is 1.85 bits per heavy atom. The maximum absolute atomic E-state index is 13.6. The van der Waals surface area contributed by atoms with Gasteiger partial charge in [-0.25, -0.2) is 0 Å². The highest BCUT2D eigenvalue weighted by molar-refractivity contribution is 6.32. The Labute approximate surface area is 198 Å². The minimum Gasteiger partial charge on any atom is -0.503 e. The lowest BCUT2D eigenvalue weighted by molar-refractivity contribution is -0.117. The molecule has 1 aliphatic heterocycles. The number of aliphatic hydroxyl groups excluding tert-OH is 1. The Hall–Kier alpha value is -3.61. The zero-order valence-corrected chi connectivity index (χ0v) is 18.8. The van der Waals surface area contributed by atoms with E-state index in [1.54, 1.807) is 73.9 Å². The lowest BCUT2D eigenvalue weighted by Crippen LogP contribution is -2.31. The Morgan fingerprint density at radius 3 is 2.61 bits per heavy atom. The van der Waals surface area contributed by atoms with Gasteiger partial charge in [0, 0.05) is 33.5 Å². The van der Waals surface area contributed by atoms with Crippen molar-refractivity contribution in [3.8, 4) is 0 Å². The standard InChI is InChI=1S/C25H16Cl2N2O4/c1-13-17(27)3-2-4-18(13)29-22(14-7-9-28-10-8-14)21(24(31)25(29)32)23(30)20-12-15-11-16(26)5-6-19(15)33-20/h2-12,22,31H,1H3. The molecule has 2 aromatic heterocycles. The van der Waals surface area contributed by atoms with Crippen molar-refractivity contribution in [2.75, 3.05) is 4.90 Å². The van der Waals surface area contributed by atoms with Crippen molar-refractivity contribution in [2.45, 2.75) is 13.0 Å². The van der Waals surface area contributed by atoms with Gasteiger partial charge < -0.3 is 9.52 Å². The van der Waals surface area contributed by atoms with E-state index in [0.29, 0.717) is 37.8 Å². The summed E-state index contributed by atoms with van der Waals surface area (Å²) in [7, 11) is 0. The molecule has 5 rings (SSSR count). The molecule has 8 heteroatoms. The SMILES string of the molecule is Cc1c(Cl)cccc1N1C(=O)C(O)=C(C(=O)c2cc3cc(Cl)ccc3o2)C1c1ccncc1. The number of anilines is 1. The number of carbonyl (C=O) groups is 2. The van der Waals surface area contributed by atoms with Gasteiger partial charge in [0.2, 0.25) is 5.78 Å². The van der Waals surface area contributed by atoms with Crippen LogP contribution in [-0.4, -0.2) is 21.8 Å². The highest BCUT2D eigenvalue weighted by Gasteiger charge is 2.45. The summed E-state index contributed by atoms with van der Waals surface area (Å²) in [6.45, 7) is 1.77. The molecule has 0 bridgehead atoms. The number of ketones is 1. The van der Waals surface area contributed by atoms with Crippen molar-refractivity contribution in [1.82, 2.24) is 4.98 Å². The van der Waals surface area contributed by atoms with Crippen molar-refractivity contribution >= 4 is 51.5 Å². The fourth-order valence-electron chi connectivity index (χ4n) is 4.06. The minimum absolute atomic E-state index is 0.00895. The Morgan fingerprint density at radius 1 is 1.09 bits per heavy atom. The molecule has 0 saturated carbocycles. The van der Waals surface area contributed by atoms with Crippen LogP contribution in [0.4, 0.5) is 5.69 Å². The van der Waals surface area contributed by atoms with Gasteiger partial charge in [0.25, 0.3) is 5.91 Å². The highest BCUT2D eigenvalue weighted by Crippen LogP contribution is 2.44. The van der Waals surface area contributed by atoms with E-state index in [4.69, 9.17) is 27.6 Å². The first-order valence-electron chi connectivity index (χ1n) is 10.0. The van der Waals surface area contributed by atoms with E-state index in [1.165, 1.54) is 4.90 Å². The molecule has 1 unspecified atom stereocenters. The molecule has 6 nitrogen and oxygen atoms in total. The van der Waals surface area contributed by atoms with Crippen molar-refractivity contribution < 1.29 is 19.1 Å². The number of Topliss-reactive ketones (excluding diaryl/α,β-unsaturated/α-hetero) is 1. The molecular weight excluding hydrogens is 463 g/mol. The first kappa shape index (κ1) is 21.2. The maximum Gasteiger partial charge on any atom is 0.294 e. The fourth-order valence-corrected chi connectivity index (χ4v) is 4.41. The minimum atomic E-state index is -0.901. The van der Waals surface area contributed by atoms with Gasteiger partial charge in [-0.3, -0.25) is 19.5 Å². The third kappa shape index (κ3) is 3.48. The van der Waals surface area contributed by atoms with Gasteiger partial charge in [-0.2, -0.15) is 0 Å². The predicted octanol–water partition coefficient (Wildman–Crippen LogP) is 6.23. The zero-order valence-electron chi connectivity index (χ0n) is 17.3. The van der Waals surface area contributed by atoms with Crippen LogP contribution in [0.25, 0.3) is 11.0 Å². The Kier molecular flexibility index (Phi) is 5.19. The van der Waals surface area contributed by atoms with Crippen LogP contribution >= 0.6 is 23.2 Å². The van der Waals surface area contributed by atoms with Crippen LogP contribution in [-0.2, 0) is 4.79 Å². The van der Waals surface area contributed by atoms with Gasteiger partial charge in [0.15, 0.2) is 11.5 Å². The quantitative estimate of drug-likeness (QED) is 0.351. The van der Waals surface area contributed by atoms with Gasteiger partial charge in [0.05, 0.1) is 11.6 Å². The molecule has 0 radical (unpaired) electrons. The number of hydrogen-bond acceptors (Lipinski definition) is 5. The summed E-state index contributed by atoms with van der Waals surface area (Å²) in [5, 5.41) is 12.5. The number of pyridine rings is 1. The second-order valence-electron chi connectivity index (χ2n) is 7.63.